The zero-order chi connectivity index (χ0) is 18.2. The summed E-state index contributed by atoms with van der Waals surface area (Å²) in [6, 6.07) is 14.0. The van der Waals surface area contributed by atoms with E-state index in [-0.39, 0.29) is 11.0 Å². The Morgan fingerprint density at radius 2 is 1.60 bits per heavy atom. The van der Waals surface area contributed by atoms with Crippen LogP contribution < -0.4 is 9.47 Å². The molecule has 0 saturated heterocycles. The molecule has 0 bridgehead atoms. The number of hydrogen-bond acceptors (Lipinski definition) is 5. The normalized spacial score (nSPS) is 9.88. The second kappa shape index (κ2) is 10.3. The fraction of sp³-hybridized carbons (Fsp3) is 0.188. The van der Waals surface area contributed by atoms with E-state index in [0.29, 0.717) is 18.6 Å². The van der Waals surface area contributed by atoms with Gasteiger partial charge in [-0.15, -0.1) is 0 Å². The monoisotopic (exact) mass is 372 g/mol. The van der Waals surface area contributed by atoms with Crippen molar-refractivity contribution in [3.05, 3.63) is 59.7 Å². The van der Waals surface area contributed by atoms with Crippen LogP contribution in [0.4, 0.5) is 0 Å². The minimum atomic E-state index is -3.67. The molecular weight excluding hydrogens is 352 g/mol. The van der Waals surface area contributed by atoms with Crippen LogP contribution in [0.2, 0.25) is 0 Å². The van der Waals surface area contributed by atoms with Crippen LogP contribution in [0.3, 0.4) is 0 Å². The average Bonchev–Trinajstić information content (AvgIpc) is 2.52. The molecule has 0 aliphatic carbocycles. The van der Waals surface area contributed by atoms with E-state index in [1.165, 1.54) is 6.07 Å². The zero-order valence-corrected chi connectivity index (χ0v) is 14.5. The number of methoxy groups -OCH3 is 1. The number of carboxylic acids is 1. The van der Waals surface area contributed by atoms with E-state index in [2.05, 4.69) is 0 Å². The van der Waals surface area contributed by atoms with Crippen LogP contribution >= 0.6 is 0 Å². The molecule has 0 fully saturated rings. The molecular formula is C16H20O8S. The number of carboxylic acid groups (broad SMARTS) is 1. The van der Waals surface area contributed by atoms with Gasteiger partial charge in [0.2, 0.25) is 0 Å². The Hall–Kier alpha value is -2.62. The first kappa shape index (κ1) is 22.4. The maximum atomic E-state index is 11.0. The van der Waals surface area contributed by atoms with E-state index in [1.807, 2.05) is 24.3 Å². The summed E-state index contributed by atoms with van der Waals surface area (Å²) < 4.78 is 36.5. The molecule has 2 rings (SSSR count). The molecule has 8 nitrogen and oxygen atoms in total. The van der Waals surface area contributed by atoms with E-state index in [4.69, 9.17) is 19.1 Å². The Kier molecular flexibility index (Phi) is 9.21. The zero-order valence-electron chi connectivity index (χ0n) is 13.7. The molecule has 0 spiro atoms. The maximum Gasteiger partial charge on any atom is 0.339 e. The second-order valence-electron chi connectivity index (χ2n) is 4.67. The molecule has 0 unspecified atom stereocenters. The van der Waals surface area contributed by atoms with E-state index in [1.54, 1.807) is 25.3 Å². The van der Waals surface area contributed by atoms with Gasteiger partial charge in [0.05, 0.1) is 13.4 Å². The standard InChI is InChI=1S/C15H14O4.CH4O3S.H2O/c1-18-12-8-6-11(7-9-12)10-19-14-5-3-2-4-13(14)15(16)17;1-5(2,3)4;/h2-9H,10H2,1H3,(H,16,17);1H3,(H,2,3,4);1H2. The molecule has 0 aliphatic heterocycles. The number of ether oxygens (including phenoxy) is 2. The van der Waals surface area contributed by atoms with Gasteiger partial charge in [0.1, 0.15) is 23.7 Å². The lowest BCUT2D eigenvalue weighted by atomic mass is 10.2. The van der Waals surface area contributed by atoms with Crippen molar-refractivity contribution < 1.29 is 37.8 Å². The van der Waals surface area contributed by atoms with E-state index < -0.39 is 16.1 Å². The van der Waals surface area contributed by atoms with Crippen molar-refractivity contribution in [3.63, 3.8) is 0 Å². The first-order chi connectivity index (χ1) is 11.2. The number of para-hydroxylation sites is 1. The third-order valence-electron chi connectivity index (χ3n) is 2.67. The van der Waals surface area contributed by atoms with Crippen molar-refractivity contribution in [3.8, 4) is 11.5 Å². The molecule has 0 atom stereocenters. The predicted molar refractivity (Wildman–Crippen MR) is 91.8 cm³/mol. The molecule has 0 amide bonds. The highest BCUT2D eigenvalue weighted by molar-refractivity contribution is 7.85. The highest BCUT2D eigenvalue weighted by atomic mass is 32.2. The highest BCUT2D eigenvalue weighted by Gasteiger charge is 2.09. The van der Waals surface area contributed by atoms with E-state index >= 15 is 0 Å². The lowest BCUT2D eigenvalue weighted by Crippen LogP contribution is -2.03. The number of rotatable bonds is 5. The highest BCUT2D eigenvalue weighted by Crippen LogP contribution is 2.20. The summed E-state index contributed by atoms with van der Waals surface area (Å²) in [6.07, 6.45) is 0.715. The van der Waals surface area contributed by atoms with Crippen LogP contribution in [0.1, 0.15) is 15.9 Å². The summed E-state index contributed by atoms with van der Waals surface area (Å²) in [5.74, 6) is 0.144. The molecule has 138 valence electrons. The smallest absolute Gasteiger partial charge is 0.339 e. The van der Waals surface area contributed by atoms with Crippen LogP contribution in [0, 0.1) is 0 Å². The van der Waals surface area contributed by atoms with Gasteiger partial charge in [-0.2, -0.15) is 8.42 Å². The van der Waals surface area contributed by atoms with Gasteiger partial charge in [0, 0.05) is 0 Å². The largest absolute Gasteiger partial charge is 0.497 e. The van der Waals surface area contributed by atoms with Gasteiger partial charge in [0.25, 0.3) is 10.1 Å². The topological polar surface area (TPSA) is 142 Å². The minimum absolute atomic E-state index is 0. The molecule has 25 heavy (non-hydrogen) atoms. The summed E-state index contributed by atoms with van der Waals surface area (Å²) in [5.41, 5.74) is 1.11. The Bertz CT molecular complexity index is 761. The molecule has 2 aromatic carbocycles. The molecule has 0 aromatic heterocycles. The summed E-state index contributed by atoms with van der Waals surface area (Å²) in [4.78, 5) is 11.0. The maximum absolute atomic E-state index is 11.0. The molecule has 0 saturated carbocycles. The quantitative estimate of drug-likeness (QED) is 0.760. The van der Waals surface area contributed by atoms with Crippen molar-refractivity contribution in [1.29, 1.82) is 0 Å². The molecule has 0 radical (unpaired) electrons. The van der Waals surface area contributed by atoms with Gasteiger partial charge in [-0.25, -0.2) is 4.79 Å². The molecule has 9 heteroatoms. The minimum Gasteiger partial charge on any atom is -0.497 e. The van der Waals surface area contributed by atoms with Gasteiger partial charge in [-0.05, 0) is 29.8 Å². The van der Waals surface area contributed by atoms with Gasteiger partial charge in [0.15, 0.2) is 0 Å². The van der Waals surface area contributed by atoms with Gasteiger partial charge in [-0.1, -0.05) is 24.3 Å². The Labute approximate surface area is 145 Å². The van der Waals surface area contributed by atoms with Crippen LogP contribution in [0.5, 0.6) is 11.5 Å². The third-order valence-corrected chi connectivity index (χ3v) is 2.67. The number of aromatic carboxylic acids is 1. The SMILES string of the molecule is COc1ccc(COc2ccccc2C(=O)O)cc1.CS(=O)(=O)O.O. The number of carbonyl (C=O) groups is 1. The Balaban J connectivity index is 0.000000848. The van der Waals surface area contributed by atoms with E-state index in [0.717, 1.165) is 11.3 Å². The van der Waals surface area contributed by atoms with E-state index in [9.17, 15) is 13.2 Å². The van der Waals surface area contributed by atoms with Crippen LogP contribution in [-0.4, -0.2) is 42.9 Å². The van der Waals surface area contributed by atoms with Crippen LogP contribution in [0.25, 0.3) is 0 Å². The fourth-order valence-corrected chi connectivity index (χ4v) is 1.65. The predicted octanol–water partition coefficient (Wildman–Crippen LogP) is 1.65. The first-order valence-corrected chi connectivity index (χ1v) is 8.56. The Morgan fingerprint density at radius 3 is 2.08 bits per heavy atom. The fourth-order valence-electron chi connectivity index (χ4n) is 1.65. The van der Waals surface area contributed by atoms with Gasteiger partial charge in [-0.3, -0.25) is 4.55 Å². The Morgan fingerprint density at radius 1 is 1.08 bits per heavy atom. The molecule has 0 heterocycles. The second-order valence-corrected chi connectivity index (χ2v) is 6.14. The number of hydrogen-bond donors (Lipinski definition) is 2. The van der Waals surface area contributed by atoms with Crippen molar-refractivity contribution in [2.24, 2.45) is 0 Å². The summed E-state index contributed by atoms with van der Waals surface area (Å²) in [5, 5.41) is 9.03. The molecule has 4 N–H and O–H groups in total. The molecule has 0 aliphatic rings. The van der Waals surface area contributed by atoms with Gasteiger partial charge < -0.3 is 20.1 Å². The van der Waals surface area contributed by atoms with Crippen molar-refractivity contribution in [2.75, 3.05) is 13.4 Å². The summed E-state index contributed by atoms with van der Waals surface area (Å²) >= 11 is 0. The lowest BCUT2D eigenvalue weighted by Gasteiger charge is -2.09. The third kappa shape index (κ3) is 9.30. The summed E-state index contributed by atoms with van der Waals surface area (Å²) in [6.45, 7) is 0.314. The number of benzene rings is 2. The van der Waals surface area contributed by atoms with Crippen molar-refractivity contribution in [2.45, 2.75) is 6.61 Å². The van der Waals surface area contributed by atoms with Crippen LogP contribution in [0.15, 0.2) is 48.5 Å². The van der Waals surface area contributed by atoms with Gasteiger partial charge >= 0.3 is 5.97 Å². The lowest BCUT2D eigenvalue weighted by molar-refractivity contribution is 0.0691. The van der Waals surface area contributed by atoms with Crippen molar-refractivity contribution in [1.82, 2.24) is 0 Å². The van der Waals surface area contributed by atoms with Crippen molar-refractivity contribution >= 4 is 16.1 Å². The molecule has 2 aromatic rings. The first-order valence-electron chi connectivity index (χ1n) is 6.71. The average molecular weight is 372 g/mol. The summed E-state index contributed by atoms with van der Waals surface area (Å²) in [7, 11) is -2.06. The van der Waals surface area contributed by atoms with Crippen LogP contribution in [-0.2, 0) is 16.7 Å².